The molecule has 3 nitrogen and oxygen atoms in total. The van der Waals surface area contributed by atoms with E-state index in [0.717, 1.165) is 6.07 Å². The number of rotatable bonds is 2. The molecule has 0 fully saturated rings. The van der Waals surface area contributed by atoms with E-state index in [1.807, 2.05) is 0 Å². The van der Waals surface area contributed by atoms with Gasteiger partial charge in [-0.3, -0.25) is 0 Å². The maximum absolute atomic E-state index is 12.4. The van der Waals surface area contributed by atoms with Gasteiger partial charge in [-0.15, -0.1) is 11.3 Å². The number of hydrogen-bond donors (Lipinski definition) is 1. The molecule has 1 atom stereocenters. The van der Waals surface area contributed by atoms with Crippen LogP contribution in [0.15, 0.2) is 12.1 Å². The van der Waals surface area contributed by atoms with Crippen molar-refractivity contribution >= 4 is 33.0 Å². The van der Waals surface area contributed by atoms with Crippen molar-refractivity contribution in [2.24, 2.45) is 5.14 Å². The van der Waals surface area contributed by atoms with Crippen LogP contribution in [0.1, 0.15) is 10.1 Å². The number of hydrogen-bond acceptors (Lipinski definition) is 3. The van der Waals surface area contributed by atoms with Gasteiger partial charge >= 0.3 is 6.18 Å². The molecule has 0 spiro atoms. The number of thiophene rings is 1. The molecule has 9 heteroatoms. The third-order valence-electron chi connectivity index (χ3n) is 1.48. The van der Waals surface area contributed by atoms with Crippen molar-refractivity contribution in [1.82, 2.24) is 0 Å². The Hall–Kier alpha value is -0.310. The minimum Gasteiger partial charge on any atom is -0.228 e. The highest BCUT2D eigenvalue weighted by atomic mass is 35.5. The molecule has 1 unspecified atom stereocenters. The van der Waals surface area contributed by atoms with E-state index in [9.17, 15) is 21.6 Å². The third kappa shape index (κ3) is 3.07. The Balaban J connectivity index is 3.26. The number of halogens is 4. The number of primary sulfonamides is 1. The lowest BCUT2D eigenvalue weighted by atomic mass is 10.3. The summed E-state index contributed by atoms with van der Waals surface area (Å²) in [5.74, 6) is 0. The highest BCUT2D eigenvalue weighted by Crippen LogP contribution is 2.41. The van der Waals surface area contributed by atoms with Crippen molar-refractivity contribution in [2.45, 2.75) is 11.4 Å². The Morgan fingerprint density at radius 1 is 1.40 bits per heavy atom. The first-order valence-corrected chi connectivity index (χ1v) is 6.26. The molecule has 1 aromatic rings. The quantitative estimate of drug-likeness (QED) is 0.903. The molecule has 0 saturated heterocycles. The van der Waals surface area contributed by atoms with Crippen molar-refractivity contribution in [1.29, 1.82) is 0 Å². The molecule has 0 aromatic carbocycles. The smallest absolute Gasteiger partial charge is 0.228 e. The SMILES string of the molecule is NS(=O)(=O)C(c1ccc(Cl)s1)C(F)(F)F. The molecule has 0 saturated carbocycles. The third-order valence-corrected chi connectivity index (χ3v) is 4.10. The summed E-state index contributed by atoms with van der Waals surface area (Å²) >= 11 is 5.96. The molecule has 0 radical (unpaired) electrons. The minimum absolute atomic E-state index is 0.0721. The zero-order valence-electron chi connectivity index (χ0n) is 6.95. The van der Waals surface area contributed by atoms with Gasteiger partial charge in [0.05, 0.1) is 4.34 Å². The summed E-state index contributed by atoms with van der Waals surface area (Å²) in [5.41, 5.74) is 0. The molecular weight excluding hydrogens is 275 g/mol. The lowest BCUT2D eigenvalue weighted by Crippen LogP contribution is -2.32. The molecule has 0 bridgehead atoms. The molecule has 2 N–H and O–H groups in total. The Kier molecular flexibility index (Phi) is 3.34. The van der Waals surface area contributed by atoms with Gasteiger partial charge in [0.25, 0.3) is 0 Å². The zero-order chi connectivity index (χ0) is 11.9. The van der Waals surface area contributed by atoms with Crippen LogP contribution in [0.4, 0.5) is 13.2 Å². The summed E-state index contributed by atoms with van der Waals surface area (Å²) in [6, 6.07) is 2.18. The van der Waals surface area contributed by atoms with Gasteiger partial charge < -0.3 is 0 Å². The second kappa shape index (κ2) is 3.93. The maximum Gasteiger partial charge on any atom is 0.411 e. The van der Waals surface area contributed by atoms with Crippen molar-refractivity contribution in [3.05, 3.63) is 21.3 Å². The van der Waals surface area contributed by atoms with Gasteiger partial charge in [0.15, 0.2) is 0 Å². The Bertz CT molecular complexity index is 453. The maximum atomic E-state index is 12.4. The second-order valence-electron chi connectivity index (χ2n) is 2.65. The number of nitrogens with two attached hydrogens (primary N) is 1. The van der Waals surface area contributed by atoms with Gasteiger partial charge in [-0.1, -0.05) is 11.6 Å². The minimum atomic E-state index is -4.94. The largest absolute Gasteiger partial charge is 0.411 e. The average Bonchev–Trinajstić information content (AvgIpc) is 2.28. The fraction of sp³-hybridized carbons (Fsp3) is 0.333. The van der Waals surface area contributed by atoms with E-state index in [4.69, 9.17) is 11.6 Å². The van der Waals surface area contributed by atoms with Crippen LogP contribution in [0.5, 0.6) is 0 Å². The predicted molar refractivity (Wildman–Crippen MR) is 51.2 cm³/mol. The van der Waals surface area contributed by atoms with E-state index in [2.05, 4.69) is 5.14 Å². The molecule has 1 aromatic heterocycles. The van der Waals surface area contributed by atoms with Crippen molar-refractivity contribution in [2.75, 3.05) is 0 Å². The van der Waals surface area contributed by atoms with Gasteiger partial charge in [-0.2, -0.15) is 13.2 Å². The summed E-state index contributed by atoms with van der Waals surface area (Å²) in [6.45, 7) is 0. The van der Waals surface area contributed by atoms with Crippen molar-refractivity contribution < 1.29 is 21.6 Å². The normalized spacial score (nSPS) is 15.3. The van der Waals surface area contributed by atoms with Gasteiger partial charge in [-0.05, 0) is 12.1 Å². The van der Waals surface area contributed by atoms with Gasteiger partial charge in [0.2, 0.25) is 15.3 Å². The topological polar surface area (TPSA) is 60.2 Å². The van der Waals surface area contributed by atoms with E-state index < -0.39 is 26.3 Å². The molecular formula is C6H5ClF3NO2S2. The first kappa shape index (κ1) is 12.8. The molecule has 0 amide bonds. The average molecular weight is 280 g/mol. The molecule has 15 heavy (non-hydrogen) atoms. The molecule has 1 rings (SSSR count). The van der Waals surface area contributed by atoms with Gasteiger partial charge in [0.1, 0.15) is 0 Å². The Labute approximate surface area is 92.7 Å². The van der Waals surface area contributed by atoms with Crippen LogP contribution in [-0.2, 0) is 10.0 Å². The fourth-order valence-corrected chi connectivity index (χ4v) is 3.37. The van der Waals surface area contributed by atoms with Crippen LogP contribution in [0.3, 0.4) is 0 Å². The van der Waals surface area contributed by atoms with E-state index in [1.165, 1.54) is 6.07 Å². The summed E-state index contributed by atoms with van der Waals surface area (Å²) in [4.78, 5) is -0.435. The predicted octanol–water partition coefficient (Wildman–Crippen LogP) is 2.29. The summed E-state index contributed by atoms with van der Waals surface area (Å²) in [6.07, 6.45) is -4.94. The Morgan fingerprint density at radius 3 is 2.20 bits per heavy atom. The Morgan fingerprint density at radius 2 is 1.93 bits per heavy atom. The van der Waals surface area contributed by atoms with Crippen LogP contribution in [-0.4, -0.2) is 14.6 Å². The lowest BCUT2D eigenvalue weighted by molar-refractivity contribution is -0.130. The van der Waals surface area contributed by atoms with E-state index >= 15 is 0 Å². The van der Waals surface area contributed by atoms with E-state index in [1.54, 1.807) is 0 Å². The lowest BCUT2D eigenvalue weighted by Gasteiger charge is -2.16. The summed E-state index contributed by atoms with van der Waals surface area (Å²) < 4.78 is 58.9. The number of alkyl halides is 3. The van der Waals surface area contributed by atoms with E-state index in [-0.39, 0.29) is 4.34 Å². The van der Waals surface area contributed by atoms with Crippen LogP contribution >= 0.6 is 22.9 Å². The van der Waals surface area contributed by atoms with E-state index in [0.29, 0.717) is 11.3 Å². The zero-order valence-corrected chi connectivity index (χ0v) is 9.34. The molecule has 0 aliphatic rings. The second-order valence-corrected chi connectivity index (χ2v) is 6.05. The first-order valence-electron chi connectivity index (χ1n) is 3.46. The van der Waals surface area contributed by atoms with Crippen molar-refractivity contribution in [3.63, 3.8) is 0 Å². The van der Waals surface area contributed by atoms with Crippen LogP contribution in [0.25, 0.3) is 0 Å². The molecule has 0 aliphatic carbocycles. The fourth-order valence-electron chi connectivity index (χ4n) is 0.979. The van der Waals surface area contributed by atoms with Crippen molar-refractivity contribution in [3.8, 4) is 0 Å². The highest BCUT2D eigenvalue weighted by Gasteiger charge is 2.49. The summed E-state index contributed by atoms with van der Waals surface area (Å²) in [7, 11) is -4.74. The number of sulfonamides is 1. The molecule has 0 aliphatic heterocycles. The van der Waals surface area contributed by atoms with Crippen LogP contribution in [0, 0.1) is 0 Å². The van der Waals surface area contributed by atoms with Crippen LogP contribution < -0.4 is 5.14 Å². The van der Waals surface area contributed by atoms with Gasteiger partial charge in [0, 0.05) is 4.88 Å². The monoisotopic (exact) mass is 279 g/mol. The summed E-state index contributed by atoms with van der Waals surface area (Å²) in [5, 5.41) is 1.82. The van der Waals surface area contributed by atoms with Gasteiger partial charge in [-0.25, -0.2) is 13.6 Å². The highest BCUT2D eigenvalue weighted by molar-refractivity contribution is 7.89. The first-order chi connectivity index (χ1) is 6.62. The molecule has 1 heterocycles. The standard InChI is InChI=1S/C6H5ClF3NO2S2/c7-4-2-1-3(14-4)5(6(8,9)10)15(11,12)13/h1-2,5H,(H2,11,12,13). The molecule has 86 valence electrons. The van der Waals surface area contributed by atoms with Crippen LogP contribution in [0.2, 0.25) is 4.34 Å².